The van der Waals surface area contributed by atoms with Crippen LogP contribution in [0.3, 0.4) is 0 Å². The zero-order valence-corrected chi connectivity index (χ0v) is 19.1. The van der Waals surface area contributed by atoms with Crippen LogP contribution in [0.4, 0.5) is 0 Å². The molecule has 164 valence electrons. The first-order valence-electron chi connectivity index (χ1n) is 11.2. The van der Waals surface area contributed by atoms with E-state index in [0.717, 1.165) is 51.8 Å². The molecule has 2 rings (SSSR count). The molecule has 28 heavy (non-hydrogen) atoms. The van der Waals surface area contributed by atoms with Crippen LogP contribution in [-0.4, -0.2) is 75.0 Å². The number of nitrogens with zero attached hydrogens (tertiary/aromatic N) is 2. The maximum Gasteiger partial charge on any atom is 0.191 e. The van der Waals surface area contributed by atoms with Crippen molar-refractivity contribution < 1.29 is 9.47 Å². The minimum atomic E-state index is 0.0456. The van der Waals surface area contributed by atoms with Crippen molar-refractivity contribution in [3.05, 3.63) is 0 Å². The third-order valence-electron chi connectivity index (χ3n) is 6.46. The van der Waals surface area contributed by atoms with Gasteiger partial charge in [0.05, 0.1) is 12.2 Å². The van der Waals surface area contributed by atoms with Gasteiger partial charge in [0.1, 0.15) is 0 Å². The molecule has 0 aromatic carbocycles. The zero-order chi connectivity index (χ0) is 20.6. The van der Waals surface area contributed by atoms with Gasteiger partial charge >= 0.3 is 0 Å². The van der Waals surface area contributed by atoms with E-state index < -0.39 is 0 Å². The maximum atomic E-state index is 5.90. The largest absolute Gasteiger partial charge is 0.382 e. The van der Waals surface area contributed by atoms with Crippen molar-refractivity contribution in [3.63, 3.8) is 0 Å². The van der Waals surface area contributed by atoms with E-state index in [2.05, 4.69) is 55.1 Å². The molecule has 0 bridgehead atoms. The summed E-state index contributed by atoms with van der Waals surface area (Å²) in [6.07, 6.45) is 6.96. The summed E-state index contributed by atoms with van der Waals surface area (Å²) in [5.74, 6) is 0.908. The summed E-state index contributed by atoms with van der Waals surface area (Å²) in [5.41, 5.74) is 0.404. The van der Waals surface area contributed by atoms with Gasteiger partial charge in [-0.25, -0.2) is 0 Å². The molecule has 0 radical (unpaired) electrons. The Morgan fingerprint density at radius 3 is 2.39 bits per heavy atom. The molecule has 2 unspecified atom stereocenters. The minimum absolute atomic E-state index is 0.0456. The standard InChI is InChI=1S/C22H44N4O2/c1-7-27-13-12-22(10-8-9-11-22)17-25-20(23-6)24-16-21(4,5)26-14-18(2)28-19(3)15-26/h18-19H,7-17H2,1-6H3,(H2,23,24,25). The Kier molecular flexibility index (Phi) is 9.03. The Bertz CT molecular complexity index is 479. The number of nitrogens with one attached hydrogen (secondary N) is 2. The third kappa shape index (κ3) is 6.89. The number of ether oxygens (including phenoxy) is 2. The van der Waals surface area contributed by atoms with Gasteiger partial charge in [-0.05, 0) is 59.3 Å². The molecule has 2 fully saturated rings. The molecular weight excluding hydrogens is 352 g/mol. The van der Waals surface area contributed by atoms with Crippen LogP contribution in [0.25, 0.3) is 0 Å². The number of hydrogen-bond acceptors (Lipinski definition) is 4. The summed E-state index contributed by atoms with van der Waals surface area (Å²) < 4.78 is 11.5. The first-order valence-corrected chi connectivity index (χ1v) is 11.2. The van der Waals surface area contributed by atoms with E-state index in [-0.39, 0.29) is 17.7 Å². The van der Waals surface area contributed by atoms with Gasteiger partial charge in [0.2, 0.25) is 0 Å². The Hall–Kier alpha value is -0.850. The molecule has 6 nitrogen and oxygen atoms in total. The van der Waals surface area contributed by atoms with Crippen molar-refractivity contribution in [2.45, 2.75) is 84.5 Å². The molecule has 2 aliphatic rings. The molecule has 2 N–H and O–H groups in total. The second kappa shape index (κ2) is 10.8. The lowest BCUT2D eigenvalue weighted by molar-refractivity contribution is -0.0946. The first-order chi connectivity index (χ1) is 13.3. The molecule has 1 saturated heterocycles. The maximum absolute atomic E-state index is 5.90. The fourth-order valence-corrected chi connectivity index (χ4v) is 4.65. The van der Waals surface area contributed by atoms with Crippen LogP contribution in [0.15, 0.2) is 4.99 Å². The first kappa shape index (κ1) is 23.4. The van der Waals surface area contributed by atoms with Gasteiger partial charge in [0.15, 0.2) is 5.96 Å². The molecule has 0 amide bonds. The van der Waals surface area contributed by atoms with E-state index in [0.29, 0.717) is 5.41 Å². The quantitative estimate of drug-likeness (QED) is 0.356. The van der Waals surface area contributed by atoms with Gasteiger partial charge in [0, 0.05) is 52.0 Å². The Morgan fingerprint density at radius 2 is 1.82 bits per heavy atom. The highest BCUT2D eigenvalue weighted by atomic mass is 16.5. The van der Waals surface area contributed by atoms with Crippen molar-refractivity contribution in [3.8, 4) is 0 Å². The molecule has 2 atom stereocenters. The van der Waals surface area contributed by atoms with Gasteiger partial charge in [0.25, 0.3) is 0 Å². The monoisotopic (exact) mass is 396 g/mol. The molecule has 1 aliphatic carbocycles. The lowest BCUT2D eigenvalue weighted by Gasteiger charge is -2.45. The highest BCUT2D eigenvalue weighted by molar-refractivity contribution is 5.79. The average Bonchev–Trinajstić information content (AvgIpc) is 3.10. The minimum Gasteiger partial charge on any atom is -0.382 e. The highest BCUT2D eigenvalue weighted by Crippen LogP contribution is 2.40. The Balaban J connectivity index is 1.84. The molecule has 1 saturated carbocycles. The summed E-state index contributed by atoms with van der Waals surface area (Å²) in [4.78, 5) is 7.01. The van der Waals surface area contributed by atoms with Gasteiger partial charge in [-0.1, -0.05) is 12.8 Å². The van der Waals surface area contributed by atoms with Crippen LogP contribution in [-0.2, 0) is 9.47 Å². The van der Waals surface area contributed by atoms with Gasteiger partial charge in [-0.2, -0.15) is 0 Å². The summed E-state index contributed by atoms with van der Waals surface area (Å²) in [5, 5.41) is 7.18. The van der Waals surface area contributed by atoms with Crippen LogP contribution >= 0.6 is 0 Å². The SMILES string of the molecule is CCOCCC1(CNC(=NC)NCC(C)(C)N2CC(C)OC(C)C2)CCCC1. The van der Waals surface area contributed by atoms with Crippen molar-refractivity contribution >= 4 is 5.96 Å². The summed E-state index contributed by atoms with van der Waals surface area (Å²) in [6, 6.07) is 0. The second-order valence-electron chi connectivity index (χ2n) is 9.41. The average molecular weight is 397 g/mol. The van der Waals surface area contributed by atoms with Crippen molar-refractivity contribution in [1.82, 2.24) is 15.5 Å². The summed E-state index contributed by atoms with van der Waals surface area (Å²) >= 11 is 0. The molecule has 0 aromatic rings. The predicted molar refractivity (Wildman–Crippen MR) is 117 cm³/mol. The van der Waals surface area contributed by atoms with E-state index in [1.165, 1.54) is 25.7 Å². The smallest absolute Gasteiger partial charge is 0.191 e. The molecule has 0 aromatic heterocycles. The highest BCUT2D eigenvalue weighted by Gasteiger charge is 2.35. The number of guanidine groups is 1. The van der Waals surface area contributed by atoms with Gasteiger partial charge in [-0.3, -0.25) is 9.89 Å². The fraction of sp³-hybridized carbons (Fsp3) is 0.955. The molecular formula is C22H44N4O2. The van der Waals surface area contributed by atoms with Crippen LogP contribution in [0.5, 0.6) is 0 Å². The van der Waals surface area contributed by atoms with Crippen molar-refractivity contribution in [2.24, 2.45) is 10.4 Å². The Morgan fingerprint density at radius 1 is 1.18 bits per heavy atom. The Labute approximate surface area is 172 Å². The molecule has 1 heterocycles. The third-order valence-corrected chi connectivity index (χ3v) is 6.46. The number of aliphatic imine (C=N–C) groups is 1. The summed E-state index contributed by atoms with van der Waals surface area (Å²) in [7, 11) is 1.86. The number of morpholine rings is 1. The zero-order valence-electron chi connectivity index (χ0n) is 19.1. The van der Waals surface area contributed by atoms with Crippen molar-refractivity contribution in [1.29, 1.82) is 0 Å². The van der Waals surface area contributed by atoms with Crippen LogP contribution in [0, 0.1) is 5.41 Å². The van der Waals surface area contributed by atoms with E-state index in [1.54, 1.807) is 0 Å². The van der Waals surface area contributed by atoms with Gasteiger partial charge < -0.3 is 20.1 Å². The van der Waals surface area contributed by atoms with E-state index in [9.17, 15) is 0 Å². The number of hydrogen-bond donors (Lipinski definition) is 2. The topological polar surface area (TPSA) is 58.1 Å². The lowest BCUT2D eigenvalue weighted by Crippen LogP contribution is -2.59. The number of rotatable bonds is 9. The van der Waals surface area contributed by atoms with E-state index in [4.69, 9.17) is 9.47 Å². The van der Waals surface area contributed by atoms with E-state index in [1.807, 2.05) is 7.05 Å². The van der Waals surface area contributed by atoms with Crippen LogP contribution < -0.4 is 10.6 Å². The predicted octanol–water partition coefficient (Wildman–Crippen LogP) is 3.03. The molecule has 0 spiro atoms. The molecule has 1 aliphatic heterocycles. The molecule has 6 heteroatoms. The van der Waals surface area contributed by atoms with Crippen LogP contribution in [0.1, 0.15) is 66.7 Å². The lowest BCUT2D eigenvalue weighted by atomic mass is 9.83. The van der Waals surface area contributed by atoms with Crippen LogP contribution in [0.2, 0.25) is 0 Å². The fourth-order valence-electron chi connectivity index (χ4n) is 4.65. The van der Waals surface area contributed by atoms with E-state index >= 15 is 0 Å². The summed E-state index contributed by atoms with van der Waals surface area (Å²) in [6.45, 7) is 16.5. The second-order valence-corrected chi connectivity index (χ2v) is 9.41. The van der Waals surface area contributed by atoms with Gasteiger partial charge in [-0.15, -0.1) is 0 Å². The van der Waals surface area contributed by atoms with Crippen molar-refractivity contribution in [2.75, 3.05) is 46.4 Å². The normalized spacial score (nSPS) is 26.4.